The molecule has 118 valence electrons. The highest BCUT2D eigenvalue weighted by Gasteiger charge is 2.17. The molecule has 2 heterocycles. The van der Waals surface area contributed by atoms with Gasteiger partial charge in [-0.3, -0.25) is 4.98 Å². The Morgan fingerprint density at radius 2 is 2.14 bits per heavy atom. The highest BCUT2D eigenvalue weighted by molar-refractivity contribution is 7.10. The van der Waals surface area contributed by atoms with Gasteiger partial charge in [0.25, 0.3) is 0 Å². The third-order valence-electron chi connectivity index (χ3n) is 3.43. The molecule has 0 fully saturated rings. The van der Waals surface area contributed by atoms with Crippen LogP contribution in [0, 0.1) is 0 Å². The summed E-state index contributed by atoms with van der Waals surface area (Å²) in [6, 6.07) is 9.67. The molecule has 0 saturated heterocycles. The van der Waals surface area contributed by atoms with Crippen LogP contribution in [0.1, 0.15) is 29.6 Å². The first-order valence-corrected chi connectivity index (χ1v) is 8.11. The van der Waals surface area contributed by atoms with Crippen molar-refractivity contribution in [2.45, 2.75) is 19.0 Å². The molecule has 2 N–H and O–H groups in total. The standard InChI is InChI=1S/C16H22N4OS/c1-12(13-7-4-5-9-17-13)19-16(21)18-11-14(20(2)3)15-8-6-10-22-15/h4-10,12,14H,11H2,1-3H3,(H2,18,19,21). The van der Waals surface area contributed by atoms with Gasteiger partial charge in [-0.2, -0.15) is 0 Å². The largest absolute Gasteiger partial charge is 0.336 e. The minimum Gasteiger partial charge on any atom is -0.336 e. The van der Waals surface area contributed by atoms with Crippen molar-refractivity contribution in [1.29, 1.82) is 0 Å². The van der Waals surface area contributed by atoms with E-state index in [1.807, 2.05) is 45.3 Å². The molecule has 0 aliphatic carbocycles. The molecule has 2 aromatic heterocycles. The van der Waals surface area contributed by atoms with Gasteiger partial charge in [-0.25, -0.2) is 4.79 Å². The van der Waals surface area contributed by atoms with E-state index in [1.54, 1.807) is 17.5 Å². The van der Waals surface area contributed by atoms with Crippen LogP contribution in [0.4, 0.5) is 4.79 Å². The molecule has 0 aliphatic rings. The Morgan fingerprint density at radius 1 is 1.32 bits per heavy atom. The molecule has 6 heteroatoms. The fraction of sp³-hybridized carbons (Fsp3) is 0.375. The van der Waals surface area contributed by atoms with Crippen LogP contribution in [-0.4, -0.2) is 36.6 Å². The number of thiophene rings is 1. The fourth-order valence-electron chi connectivity index (χ4n) is 2.16. The van der Waals surface area contributed by atoms with Crippen molar-refractivity contribution in [3.63, 3.8) is 0 Å². The molecule has 0 aromatic carbocycles. The van der Waals surface area contributed by atoms with Crippen molar-refractivity contribution in [2.75, 3.05) is 20.6 Å². The maximum atomic E-state index is 12.1. The normalized spacial score (nSPS) is 13.6. The van der Waals surface area contributed by atoms with Gasteiger partial charge < -0.3 is 15.5 Å². The first-order chi connectivity index (χ1) is 10.6. The smallest absolute Gasteiger partial charge is 0.315 e. The Morgan fingerprint density at radius 3 is 2.73 bits per heavy atom. The number of carbonyl (C=O) groups excluding carboxylic acids is 1. The molecule has 2 unspecified atom stereocenters. The summed E-state index contributed by atoms with van der Waals surface area (Å²) in [7, 11) is 4.03. The van der Waals surface area contributed by atoms with E-state index in [9.17, 15) is 4.79 Å². The highest BCUT2D eigenvalue weighted by Crippen LogP contribution is 2.22. The summed E-state index contributed by atoms with van der Waals surface area (Å²) in [5.41, 5.74) is 0.847. The number of hydrogen-bond donors (Lipinski definition) is 2. The van der Waals surface area contributed by atoms with Crippen LogP contribution in [-0.2, 0) is 0 Å². The van der Waals surface area contributed by atoms with Crippen LogP contribution in [0.25, 0.3) is 0 Å². The third kappa shape index (κ3) is 4.54. The van der Waals surface area contributed by atoms with Gasteiger partial charge in [0.1, 0.15) is 0 Å². The SMILES string of the molecule is CC(NC(=O)NCC(c1cccs1)N(C)C)c1ccccn1. The minimum absolute atomic E-state index is 0.124. The molecule has 0 saturated carbocycles. The van der Waals surface area contributed by atoms with E-state index in [-0.39, 0.29) is 18.1 Å². The van der Waals surface area contributed by atoms with Crippen LogP contribution < -0.4 is 10.6 Å². The first-order valence-electron chi connectivity index (χ1n) is 7.23. The number of urea groups is 1. The number of rotatable bonds is 6. The summed E-state index contributed by atoms with van der Waals surface area (Å²) in [5.74, 6) is 0. The highest BCUT2D eigenvalue weighted by atomic mass is 32.1. The zero-order valence-corrected chi connectivity index (χ0v) is 13.9. The molecule has 2 amide bonds. The molecule has 2 aromatic rings. The summed E-state index contributed by atoms with van der Waals surface area (Å²) in [6.45, 7) is 2.49. The minimum atomic E-state index is -0.179. The van der Waals surface area contributed by atoms with Gasteiger partial charge in [-0.05, 0) is 44.6 Å². The van der Waals surface area contributed by atoms with E-state index in [2.05, 4.69) is 32.0 Å². The van der Waals surface area contributed by atoms with E-state index in [0.29, 0.717) is 6.54 Å². The van der Waals surface area contributed by atoms with Gasteiger partial charge >= 0.3 is 6.03 Å². The number of pyridine rings is 1. The van der Waals surface area contributed by atoms with Crippen molar-refractivity contribution in [3.05, 3.63) is 52.5 Å². The van der Waals surface area contributed by atoms with E-state index in [4.69, 9.17) is 0 Å². The molecule has 5 nitrogen and oxygen atoms in total. The average Bonchev–Trinajstić information content (AvgIpc) is 3.02. The lowest BCUT2D eigenvalue weighted by Crippen LogP contribution is -2.41. The summed E-state index contributed by atoms with van der Waals surface area (Å²) in [5, 5.41) is 7.90. The zero-order chi connectivity index (χ0) is 15.9. The van der Waals surface area contributed by atoms with E-state index >= 15 is 0 Å². The number of likely N-dealkylation sites (N-methyl/N-ethyl adjacent to an activating group) is 1. The number of nitrogens with one attached hydrogen (secondary N) is 2. The molecule has 0 radical (unpaired) electrons. The lowest BCUT2D eigenvalue weighted by Gasteiger charge is -2.24. The number of carbonyl (C=O) groups is 1. The topological polar surface area (TPSA) is 57.3 Å². The second kappa shape index (κ2) is 7.91. The van der Waals surface area contributed by atoms with Gasteiger partial charge in [-0.15, -0.1) is 11.3 Å². The predicted molar refractivity (Wildman–Crippen MR) is 89.9 cm³/mol. The third-order valence-corrected chi connectivity index (χ3v) is 4.40. The van der Waals surface area contributed by atoms with Crippen molar-refractivity contribution < 1.29 is 4.79 Å². The van der Waals surface area contributed by atoms with Crippen LogP contribution >= 0.6 is 11.3 Å². The van der Waals surface area contributed by atoms with Gasteiger partial charge in [0.05, 0.1) is 17.8 Å². The number of nitrogens with zero attached hydrogens (tertiary/aromatic N) is 2. The van der Waals surface area contributed by atoms with Gasteiger partial charge in [-0.1, -0.05) is 12.1 Å². The lowest BCUT2D eigenvalue weighted by atomic mass is 10.2. The van der Waals surface area contributed by atoms with E-state index in [0.717, 1.165) is 5.69 Å². The van der Waals surface area contributed by atoms with Crippen LogP contribution in [0.15, 0.2) is 41.9 Å². The van der Waals surface area contributed by atoms with Gasteiger partial charge in [0, 0.05) is 17.6 Å². The average molecular weight is 318 g/mol. The zero-order valence-electron chi connectivity index (χ0n) is 13.1. The van der Waals surface area contributed by atoms with Crippen molar-refractivity contribution in [1.82, 2.24) is 20.5 Å². The summed E-state index contributed by atoms with van der Waals surface area (Å²) >= 11 is 1.70. The van der Waals surface area contributed by atoms with Crippen LogP contribution in [0.2, 0.25) is 0 Å². The van der Waals surface area contributed by atoms with Crippen molar-refractivity contribution in [2.24, 2.45) is 0 Å². The predicted octanol–water partition coefficient (Wildman–Crippen LogP) is 2.81. The maximum Gasteiger partial charge on any atom is 0.315 e. The number of amides is 2. The van der Waals surface area contributed by atoms with Crippen molar-refractivity contribution >= 4 is 17.4 Å². The van der Waals surface area contributed by atoms with Crippen LogP contribution in [0.5, 0.6) is 0 Å². The van der Waals surface area contributed by atoms with Gasteiger partial charge in [0.2, 0.25) is 0 Å². The Balaban J connectivity index is 1.86. The molecular weight excluding hydrogens is 296 g/mol. The Labute approximate surface area is 135 Å². The van der Waals surface area contributed by atoms with E-state index < -0.39 is 0 Å². The molecule has 22 heavy (non-hydrogen) atoms. The molecular formula is C16H22N4OS. The van der Waals surface area contributed by atoms with Crippen molar-refractivity contribution in [3.8, 4) is 0 Å². The molecule has 2 rings (SSSR count). The molecule has 0 bridgehead atoms. The Hall–Kier alpha value is -1.92. The van der Waals surface area contributed by atoms with Gasteiger partial charge in [0.15, 0.2) is 0 Å². The monoisotopic (exact) mass is 318 g/mol. The quantitative estimate of drug-likeness (QED) is 0.861. The summed E-state index contributed by atoms with van der Waals surface area (Å²) < 4.78 is 0. The van der Waals surface area contributed by atoms with E-state index in [1.165, 1.54) is 4.88 Å². The number of hydrogen-bond acceptors (Lipinski definition) is 4. The Kier molecular flexibility index (Phi) is 5.91. The maximum absolute atomic E-state index is 12.1. The fourth-order valence-corrected chi connectivity index (χ4v) is 3.08. The molecule has 0 aliphatic heterocycles. The molecule has 0 spiro atoms. The second-order valence-electron chi connectivity index (χ2n) is 5.33. The first kappa shape index (κ1) is 16.5. The summed E-state index contributed by atoms with van der Waals surface area (Å²) in [6.07, 6.45) is 1.73. The lowest BCUT2D eigenvalue weighted by molar-refractivity contribution is 0.230. The summed E-state index contributed by atoms with van der Waals surface area (Å²) in [4.78, 5) is 19.6. The number of aromatic nitrogens is 1. The van der Waals surface area contributed by atoms with Crippen LogP contribution in [0.3, 0.4) is 0 Å². The molecule has 2 atom stereocenters. The Bertz CT molecular complexity index is 571. The second-order valence-corrected chi connectivity index (χ2v) is 6.30.